The van der Waals surface area contributed by atoms with Gasteiger partial charge in [0.05, 0.1) is 18.9 Å². The highest BCUT2D eigenvalue weighted by molar-refractivity contribution is 7.13. The van der Waals surface area contributed by atoms with Crippen LogP contribution in [0.1, 0.15) is 44.4 Å². The van der Waals surface area contributed by atoms with Crippen LogP contribution in [0, 0.1) is 11.3 Å². The molecule has 2 aliphatic heterocycles. The third-order valence-electron chi connectivity index (χ3n) is 6.88. The summed E-state index contributed by atoms with van der Waals surface area (Å²) in [5.74, 6) is 2.03. The number of rotatable bonds is 4. The van der Waals surface area contributed by atoms with Crippen molar-refractivity contribution in [3.8, 4) is 0 Å². The molecule has 1 amide bonds. The van der Waals surface area contributed by atoms with Crippen LogP contribution in [-0.2, 0) is 22.4 Å². The molecule has 2 aromatic rings. The molecule has 0 saturated carbocycles. The lowest BCUT2D eigenvalue weighted by Crippen LogP contribution is -2.41. The fourth-order valence-corrected chi connectivity index (χ4v) is 5.46. The molecule has 8 nitrogen and oxygen atoms in total. The Kier molecular flexibility index (Phi) is 6.03. The second kappa shape index (κ2) is 8.94. The summed E-state index contributed by atoms with van der Waals surface area (Å²) in [6.45, 7) is 9.46. The van der Waals surface area contributed by atoms with Crippen molar-refractivity contribution in [2.75, 3.05) is 54.5 Å². The van der Waals surface area contributed by atoms with Gasteiger partial charge in [0.2, 0.25) is 11.9 Å². The minimum Gasteiger partial charge on any atom is -0.378 e. The van der Waals surface area contributed by atoms with Gasteiger partial charge in [-0.3, -0.25) is 4.79 Å². The van der Waals surface area contributed by atoms with Crippen molar-refractivity contribution < 1.29 is 9.53 Å². The van der Waals surface area contributed by atoms with Crippen LogP contribution in [0.25, 0.3) is 0 Å². The number of nitrogens with zero attached hydrogens (tertiary/aromatic N) is 5. The van der Waals surface area contributed by atoms with Gasteiger partial charge in [0, 0.05) is 49.2 Å². The van der Waals surface area contributed by atoms with E-state index in [1.54, 1.807) is 6.20 Å². The number of hydrogen-bond acceptors (Lipinski definition) is 8. The Hall–Kier alpha value is -2.26. The van der Waals surface area contributed by atoms with E-state index in [0.717, 1.165) is 83.3 Å². The van der Waals surface area contributed by atoms with Gasteiger partial charge in [-0.1, -0.05) is 13.8 Å². The van der Waals surface area contributed by atoms with Crippen LogP contribution in [0.2, 0.25) is 0 Å². The van der Waals surface area contributed by atoms with Crippen molar-refractivity contribution in [3.05, 3.63) is 22.8 Å². The Morgan fingerprint density at radius 1 is 1.16 bits per heavy atom. The van der Waals surface area contributed by atoms with Gasteiger partial charge in [-0.05, 0) is 37.5 Å². The molecule has 0 aromatic carbocycles. The molecule has 2 aromatic heterocycles. The maximum Gasteiger partial charge on any atom is 0.229 e. The van der Waals surface area contributed by atoms with Gasteiger partial charge in [0.15, 0.2) is 5.13 Å². The maximum absolute atomic E-state index is 12.7. The normalized spacial score (nSPS) is 21.3. The fourth-order valence-electron chi connectivity index (χ4n) is 4.92. The number of nitrogens with one attached hydrogen (secondary N) is 1. The molecular weight excluding hydrogens is 424 g/mol. The number of anilines is 3. The van der Waals surface area contributed by atoms with Crippen LogP contribution < -0.4 is 15.1 Å². The summed E-state index contributed by atoms with van der Waals surface area (Å²) in [6.07, 6.45) is 6.53. The van der Waals surface area contributed by atoms with Crippen LogP contribution in [-0.4, -0.2) is 60.3 Å². The smallest absolute Gasteiger partial charge is 0.229 e. The van der Waals surface area contributed by atoms with Gasteiger partial charge in [-0.2, -0.15) is 4.98 Å². The summed E-state index contributed by atoms with van der Waals surface area (Å²) in [7, 11) is 0. The maximum atomic E-state index is 12.7. The van der Waals surface area contributed by atoms with Crippen LogP contribution in [0.4, 0.5) is 16.9 Å². The van der Waals surface area contributed by atoms with E-state index in [0.29, 0.717) is 5.13 Å². The molecule has 5 rings (SSSR count). The Balaban J connectivity index is 1.35. The number of fused-ring (bicyclic) bond motifs is 1. The molecule has 4 heterocycles. The summed E-state index contributed by atoms with van der Waals surface area (Å²) >= 11 is 1.46. The number of carbonyl (C=O) groups excluding carboxylic acids is 1. The predicted molar refractivity (Wildman–Crippen MR) is 127 cm³/mol. The van der Waals surface area contributed by atoms with E-state index in [1.165, 1.54) is 22.6 Å². The van der Waals surface area contributed by atoms with Gasteiger partial charge >= 0.3 is 0 Å². The zero-order chi connectivity index (χ0) is 22.1. The number of aromatic nitrogens is 3. The van der Waals surface area contributed by atoms with Crippen LogP contribution in [0.5, 0.6) is 0 Å². The van der Waals surface area contributed by atoms with E-state index in [2.05, 4.69) is 33.9 Å². The molecule has 2 fully saturated rings. The highest BCUT2D eigenvalue weighted by Gasteiger charge is 2.33. The lowest BCUT2D eigenvalue weighted by molar-refractivity contribution is -0.120. The predicted octanol–water partition coefficient (Wildman–Crippen LogP) is 3.14. The molecule has 0 spiro atoms. The number of ether oxygens (including phenoxy) is 1. The van der Waals surface area contributed by atoms with Crippen molar-refractivity contribution in [1.82, 2.24) is 15.0 Å². The molecule has 9 heteroatoms. The highest BCUT2D eigenvalue weighted by atomic mass is 32.1. The van der Waals surface area contributed by atoms with Crippen LogP contribution >= 0.6 is 11.3 Å². The first-order chi connectivity index (χ1) is 15.5. The van der Waals surface area contributed by atoms with Crippen molar-refractivity contribution in [1.29, 1.82) is 0 Å². The quantitative estimate of drug-likeness (QED) is 0.757. The Morgan fingerprint density at radius 2 is 1.94 bits per heavy atom. The Morgan fingerprint density at radius 3 is 2.66 bits per heavy atom. The van der Waals surface area contributed by atoms with E-state index in [9.17, 15) is 4.79 Å². The molecule has 172 valence electrons. The van der Waals surface area contributed by atoms with Crippen molar-refractivity contribution in [3.63, 3.8) is 0 Å². The second-order valence-electron chi connectivity index (χ2n) is 9.80. The number of thiazole rings is 1. The van der Waals surface area contributed by atoms with Gasteiger partial charge in [0.25, 0.3) is 0 Å². The standard InChI is InChI=1S/C23H32N6O2S/c1-23(2)6-3-17-18(15-23)25-21(29-10-12-31-13-11-29)26-19(17)28-8-4-16(5-9-28)20(30)27-22-24-7-14-32-22/h7,14,16H,3-6,8-13,15H2,1-2H3,(H,24,27,30). The van der Waals surface area contributed by atoms with E-state index >= 15 is 0 Å². The first-order valence-electron chi connectivity index (χ1n) is 11.7. The molecule has 0 bridgehead atoms. The summed E-state index contributed by atoms with van der Waals surface area (Å²) in [6, 6.07) is 0. The first kappa shape index (κ1) is 21.6. The minimum absolute atomic E-state index is 0.0189. The largest absolute Gasteiger partial charge is 0.378 e. The summed E-state index contributed by atoms with van der Waals surface area (Å²) in [5.41, 5.74) is 2.78. The molecule has 1 N–H and O–H groups in total. The molecular formula is C23H32N6O2S. The fraction of sp³-hybridized carbons (Fsp3) is 0.652. The third kappa shape index (κ3) is 4.59. The SMILES string of the molecule is CC1(C)CCc2c(nc(N3CCOCC3)nc2N2CCC(C(=O)Nc3nccs3)CC2)C1. The number of piperidine rings is 1. The summed E-state index contributed by atoms with van der Waals surface area (Å²) in [4.78, 5) is 31.6. The molecule has 3 aliphatic rings. The second-order valence-corrected chi connectivity index (χ2v) is 10.7. The van der Waals surface area contributed by atoms with Gasteiger partial charge in [0.1, 0.15) is 5.82 Å². The summed E-state index contributed by atoms with van der Waals surface area (Å²) in [5, 5.41) is 5.52. The lowest BCUT2D eigenvalue weighted by Gasteiger charge is -2.38. The van der Waals surface area contributed by atoms with E-state index in [4.69, 9.17) is 14.7 Å². The molecule has 32 heavy (non-hydrogen) atoms. The van der Waals surface area contributed by atoms with E-state index < -0.39 is 0 Å². The first-order valence-corrected chi connectivity index (χ1v) is 12.5. The van der Waals surface area contributed by atoms with Crippen LogP contribution in [0.15, 0.2) is 11.6 Å². The van der Waals surface area contributed by atoms with E-state index in [-0.39, 0.29) is 17.2 Å². The zero-order valence-electron chi connectivity index (χ0n) is 19.0. The molecule has 2 saturated heterocycles. The number of carbonyl (C=O) groups is 1. The third-order valence-corrected chi connectivity index (χ3v) is 7.57. The zero-order valence-corrected chi connectivity index (χ0v) is 19.8. The number of amides is 1. The average molecular weight is 457 g/mol. The van der Waals surface area contributed by atoms with Crippen molar-refractivity contribution in [2.45, 2.75) is 46.0 Å². The molecule has 0 atom stereocenters. The van der Waals surface area contributed by atoms with Gasteiger partial charge in [-0.25, -0.2) is 9.97 Å². The number of morpholine rings is 1. The summed E-state index contributed by atoms with van der Waals surface area (Å²) < 4.78 is 5.54. The molecule has 0 radical (unpaired) electrons. The lowest BCUT2D eigenvalue weighted by atomic mass is 9.76. The molecule has 0 unspecified atom stereocenters. The van der Waals surface area contributed by atoms with Gasteiger partial charge in [-0.15, -0.1) is 11.3 Å². The number of hydrogen-bond donors (Lipinski definition) is 1. The minimum atomic E-state index is 0.0189. The van der Waals surface area contributed by atoms with Crippen molar-refractivity contribution in [2.24, 2.45) is 11.3 Å². The molecule has 1 aliphatic carbocycles. The van der Waals surface area contributed by atoms with Crippen LogP contribution in [0.3, 0.4) is 0 Å². The van der Waals surface area contributed by atoms with Gasteiger partial charge < -0.3 is 19.9 Å². The van der Waals surface area contributed by atoms with Crippen molar-refractivity contribution >= 4 is 34.1 Å². The Labute approximate surface area is 193 Å². The topological polar surface area (TPSA) is 83.5 Å². The van der Waals surface area contributed by atoms with E-state index in [1.807, 2.05) is 5.38 Å². The monoisotopic (exact) mass is 456 g/mol. The average Bonchev–Trinajstić information content (AvgIpc) is 3.31. The Bertz CT molecular complexity index is 950. The highest BCUT2D eigenvalue weighted by Crippen LogP contribution is 2.39.